The highest BCUT2D eigenvalue weighted by Crippen LogP contribution is 2.09. The molecule has 0 radical (unpaired) electrons. The van der Waals surface area contributed by atoms with Gasteiger partial charge in [0.1, 0.15) is 0 Å². The van der Waals surface area contributed by atoms with E-state index in [1.54, 1.807) is 0 Å². The molecule has 0 saturated carbocycles. The third kappa shape index (κ3) is 1.61. The van der Waals surface area contributed by atoms with Crippen LogP contribution in [0.15, 0.2) is 56.4 Å². The van der Waals surface area contributed by atoms with Crippen molar-refractivity contribution in [1.29, 1.82) is 0 Å². The van der Waals surface area contributed by atoms with Crippen LogP contribution in [0.4, 0.5) is 0 Å². The second-order valence-electron chi connectivity index (χ2n) is 5.23. The van der Waals surface area contributed by atoms with E-state index >= 15 is 0 Å². The zero-order valence-corrected chi connectivity index (χ0v) is 11.4. The molecule has 2 atom stereocenters. The van der Waals surface area contributed by atoms with E-state index in [2.05, 4.69) is 36.0 Å². The van der Waals surface area contributed by atoms with Crippen LogP contribution in [0.2, 0.25) is 0 Å². The molecule has 2 aliphatic rings. The van der Waals surface area contributed by atoms with E-state index in [0.717, 1.165) is 32.6 Å². The third-order valence-electron chi connectivity index (χ3n) is 3.77. The summed E-state index contributed by atoms with van der Waals surface area (Å²) in [5, 5.41) is 3.87. The minimum absolute atomic E-state index is 0.224. The van der Waals surface area contributed by atoms with E-state index in [-0.39, 0.29) is 12.3 Å². The standard InChI is InChI=1S/C16H14N4/c1-9-5-3-7-11-13(9)19-15(17-11)16-18-12-8-4-6-10(2)14(12)20-16/h3-8,15-16H,1-2H3. The monoisotopic (exact) mass is 262 g/mol. The lowest BCUT2D eigenvalue weighted by molar-refractivity contribution is 0.561. The Morgan fingerprint density at radius 1 is 0.650 bits per heavy atom. The Morgan fingerprint density at radius 2 is 1.10 bits per heavy atom. The second kappa shape index (κ2) is 4.07. The molecule has 0 aliphatic carbocycles. The van der Waals surface area contributed by atoms with E-state index in [9.17, 15) is 0 Å². The van der Waals surface area contributed by atoms with Gasteiger partial charge in [0.05, 0.1) is 21.4 Å². The number of aryl methyl sites for hydroxylation is 2. The first-order valence-electron chi connectivity index (χ1n) is 6.75. The van der Waals surface area contributed by atoms with Crippen LogP contribution in [0.5, 0.6) is 0 Å². The zero-order chi connectivity index (χ0) is 13.7. The van der Waals surface area contributed by atoms with Crippen molar-refractivity contribution in [1.82, 2.24) is 0 Å². The van der Waals surface area contributed by atoms with Gasteiger partial charge >= 0.3 is 0 Å². The fourth-order valence-electron chi connectivity index (χ4n) is 2.71. The molecule has 0 spiro atoms. The molecule has 0 aromatic heterocycles. The Kier molecular flexibility index (Phi) is 2.33. The molecular formula is C16H14N4. The summed E-state index contributed by atoms with van der Waals surface area (Å²) in [5.74, 6) is 0. The molecule has 0 fully saturated rings. The maximum atomic E-state index is 4.69. The summed E-state index contributed by atoms with van der Waals surface area (Å²) in [5.41, 5.74) is 2.31. The fraction of sp³-hybridized carbons (Fsp3) is 0.250. The van der Waals surface area contributed by atoms with E-state index in [1.807, 2.05) is 24.3 Å². The second-order valence-corrected chi connectivity index (χ2v) is 5.23. The highest BCUT2D eigenvalue weighted by molar-refractivity contribution is 5.17. The quantitative estimate of drug-likeness (QED) is 0.703. The molecule has 98 valence electrons. The van der Waals surface area contributed by atoms with Gasteiger partial charge in [-0.3, -0.25) is 20.0 Å². The topological polar surface area (TPSA) is 49.4 Å². The highest BCUT2D eigenvalue weighted by Gasteiger charge is 2.24. The summed E-state index contributed by atoms with van der Waals surface area (Å²) in [7, 11) is 0. The number of fused-ring (bicyclic) bond motifs is 2. The first-order chi connectivity index (χ1) is 9.72. The minimum atomic E-state index is -0.224. The van der Waals surface area contributed by atoms with Gasteiger partial charge in [0.25, 0.3) is 0 Å². The Morgan fingerprint density at radius 3 is 1.50 bits per heavy atom. The third-order valence-corrected chi connectivity index (χ3v) is 3.77. The summed E-state index contributed by atoms with van der Waals surface area (Å²) in [6.45, 7) is 4.12. The lowest BCUT2D eigenvalue weighted by atomic mass is 10.2. The first-order valence-corrected chi connectivity index (χ1v) is 6.75. The Balaban J connectivity index is 1.83. The molecule has 4 nitrogen and oxygen atoms in total. The van der Waals surface area contributed by atoms with Crippen LogP contribution in [0.3, 0.4) is 0 Å². The summed E-state index contributed by atoms with van der Waals surface area (Å²) < 4.78 is 0. The number of benzene rings is 2. The number of hydrogen-bond acceptors (Lipinski definition) is 4. The van der Waals surface area contributed by atoms with Gasteiger partial charge in [0, 0.05) is 0 Å². The van der Waals surface area contributed by atoms with Gasteiger partial charge < -0.3 is 0 Å². The van der Waals surface area contributed by atoms with Gasteiger partial charge in [-0.1, -0.05) is 24.3 Å². The van der Waals surface area contributed by atoms with E-state index in [0.29, 0.717) is 0 Å². The fourth-order valence-corrected chi connectivity index (χ4v) is 2.71. The first kappa shape index (κ1) is 11.5. The number of nitrogens with zero attached hydrogens (tertiary/aromatic N) is 4. The maximum absolute atomic E-state index is 4.69. The van der Waals surface area contributed by atoms with Crippen molar-refractivity contribution < 1.29 is 0 Å². The van der Waals surface area contributed by atoms with Crippen LogP contribution >= 0.6 is 0 Å². The lowest BCUT2D eigenvalue weighted by Crippen LogP contribution is -2.23. The summed E-state index contributed by atoms with van der Waals surface area (Å²) >= 11 is 0. The van der Waals surface area contributed by atoms with Gasteiger partial charge in [0.2, 0.25) is 0 Å². The molecule has 0 bridgehead atoms. The average Bonchev–Trinajstić information content (AvgIpc) is 3.03. The van der Waals surface area contributed by atoms with Crippen molar-refractivity contribution in [2.75, 3.05) is 0 Å². The van der Waals surface area contributed by atoms with Crippen molar-refractivity contribution in [2.45, 2.75) is 26.2 Å². The molecule has 2 aliphatic heterocycles. The van der Waals surface area contributed by atoms with E-state index in [4.69, 9.17) is 9.98 Å². The van der Waals surface area contributed by atoms with Crippen LogP contribution in [0.25, 0.3) is 0 Å². The van der Waals surface area contributed by atoms with E-state index in [1.165, 1.54) is 0 Å². The van der Waals surface area contributed by atoms with Gasteiger partial charge in [-0.05, 0) is 37.1 Å². The van der Waals surface area contributed by atoms with Crippen LogP contribution in [0, 0.1) is 13.8 Å². The van der Waals surface area contributed by atoms with Gasteiger partial charge in [0.15, 0.2) is 12.3 Å². The molecular weight excluding hydrogens is 248 g/mol. The van der Waals surface area contributed by atoms with Crippen molar-refractivity contribution >= 4 is 0 Å². The molecule has 4 heteroatoms. The SMILES string of the molecule is Cc1cccc2c1=NC(C1N=c3cccc(C)c3=N1)N=2. The van der Waals surface area contributed by atoms with Crippen molar-refractivity contribution in [3.05, 3.63) is 69.0 Å². The predicted octanol–water partition coefficient (Wildman–Crippen LogP) is 0.161. The Hall–Kier alpha value is -2.36. The minimum Gasteiger partial charge on any atom is -0.252 e. The molecule has 20 heavy (non-hydrogen) atoms. The van der Waals surface area contributed by atoms with Crippen LogP contribution in [-0.4, -0.2) is 12.3 Å². The number of rotatable bonds is 1. The highest BCUT2D eigenvalue weighted by atomic mass is 15.2. The zero-order valence-electron chi connectivity index (χ0n) is 11.4. The van der Waals surface area contributed by atoms with Crippen molar-refractivity contribution in [3.63, 3.8) is 0 Å². The molecule has 0 amide bonds. The average molecular weight is 262 g/mol. The molecule has 2 unspecified atom stereocenters. The molecule has 0 N–H and O–H groups in total. The molecule has 2 aromatic carbocycles. The van der Waals surface area contributed by atoms with Crippen LogP contribution in [0.1, 0.15) is 11.1 Å². The van der Waals surface area contributed by atoms with Crippen LogP contribution in [-0.2, 0) is 0 Å². The van der Waals surface area contributed by atoms with E-state index < -0.39 is 0 Å². The van der Waals surface area contributed by atoms with Gasteiger partial charge in [-0.25, -0.2) is 0 Å². The predicted molar refractivity (Wildman–Crippen MR) is 74.6 cm³/mol. The summed E-state index contributed by atoms with van der Waals surface area (Å²) in [4.78, 5) is 18.7. The number of hydrogen-bond donors (Lipinski definition) is 0. The number of para-hydroxylation sites is 2. The Bertz CT molecular complexity index is 864. The lowest BCUT2D eigenvalue weighted by Gasteiger charge is -2.06. The van der Waals surface area contributed by atoms with Gasteiger partial charge in [-0.15, -0.1) is 0 Å². The molecule has 2 aromatic rings. The van der Waals surface area contributed by atoms with Crippen molar-refractivity contribution in [2.24, 2.45) is 20.0 Å². The largest absolute Gasteiger partial charge is 0.252 e. The molecule has 4 rings (SSSR count). The summed E-state index contributed by atoms with van der Waals surface area (Å²) in [6, 6.07) is 12.1. The smallest absolute Gasteiger partial charge is 0.183 e. The van der Waals surface area contributed by atoms with Crippen molar-refractivity contribution in [3.8, 4) is 0 Å². The van der Waals surface area contributed by atoms with Gasteiger partial charge in [-0.2, -0.15) is 0 Å². The van der Waals surface area contributed by atoms with Crippen LogP contribution < -0.4 is 21.4 Å². The molecule has 2 heterocycles. The molecule has 0 saturated heterocycles. The summed E-state index contributed by atoms with van der Waals surface area (Å²) in [6.07, 6.45) is -0.448. The Labute approximate surface area is 116 Å². The normalized spacial score (nSPS) is 22.1. The maximum Gasteiger partial charge on any atom is 0.183 e.